The first-order chi connectivity index (χ1) is 11.8. The van der Waals surface area contributed by atoms with Gasteiger partial charge in [-0.25, -0.2) is 28.5 Å². The van der Waals surface area contributed by atoms with Gasteiger partial charge in [0.1, 0.15) is 18.1 Å². The van der Waals surface area contributed by atoms with Crippen molar-refractivity contribution in [2.45, 2.75) is 26.0 Å². The van der Waals surface area contributed by atoms with Crippen molar-refractivity contribution in [2.75, 3.05) is 20.3 Å². The number of benzene rings is 1. The van der Waals surface area contributed by atoms with Crippen molar-refractivity contribution in [1.82, 2.24) is 5.06 Å². The van der Waals surface area contributed by atoms with Crippen LogP contribution in [0.1, 0.15) is 25.8 Å². The monoisotopic (exact) mass is 356 g/mol. The molecule has 0 aromatic heterocycles. The zero-order chi connectivity index (χ0) is 18.6. The van der Waals surface area contributed by atoms with Crippen LogP contribution in [0.3, 0.4) is 0 Å². The summed E-state index contributed by atoms with van der Waals surface area (Å²) in [7, 11) is 1.32. The van der Waals surface area contributed by atoms with Gasteiger partial charge in [0.2, 0.25) is 0 Å². The maximum absolute atomic E-state index is 14.0. The van der Waals surface area contributed by atoms with Crippen molar-refractivity contribution in [3.63, 3.8) is 0 Å². The van der Waals surface area contributed by atoms with E-state index in [1.165, 1.54) is 13.1 Å². The van der Waals surface area contributed by atoms with Gasteiger partial charge in [0.05, 0.1) is 18.8 Å². The highest BCUT2D eigenvalue weighted by molar-refractivity contribution is 6.02. The van der Waals surface area contributed by atoms with Crippen LogP contribution in [0.5, 0.6) is 0 Å². The molecule has 0 bridgehead atoms. The van der Waals surface area contributed by atoms with Gasteiger partial charge >= 0.3 is 11.9 Å². The fourth-order valence-corrected chi connectivity index (χ4v) is 2.33. The van der Waals surface area contributed by atoms with Crippen LogP contribution >= 0.6 is 0 Å². The largest absolute Gasteiger partial charge is 0.466 e. The van der Waals surface area contributed by atoms with Crippen LogP contribution < -0.4 is 0 Å². The Morgan fingerprint density at radius 1 is 1.20 bits per heavy atom. The van der Waals surface area contributed by atoms with E-state index in [2.05, 4.69) is 4.99 Å². The predicted octanol–water partition coefficient (Wildman–Crippen LogP) is 1.80. The van der Waals surface area contributed by atoms with Crippen molar-refractivity contribution >= 4 is 17.8 Å². The highest BCUT2D eigenvalue weighted by atomic mass is 19.1. The van der Waals surface area contributed by atoms with E-state index in [4.69, 9.17) is 14.3 Å². The third-order valence-corrected chi connectivity index (χ3v) is 3.34. The molecule has 0 spiro atoms. The molecular weight excluding hydrogens is 338 g/mol. The molecular formula is C16H18F2N2O5. The highest BCUT2D eigenvalue weighted by Crippen LogP contribution is 2.31. The minimum Gasteiger partial charge on any atom is -0.466 e. The van der Waals surface area contributed by atoms with Crippen LogP contribution in [0, 0.1) is 11.6 Å². The van der Waals surface area contributed by atoms with Gasteiger partial charge in [-0.15, -0.1) is 0 Å². The lowest BCUT2D eigenvalue weighted by molar-refractivity contribution is -0.207. The minimum absolute atomic E-state index is 0.00932. The molecule has 1 aliphatic heterocycles. The van der Waals surface area contributed by atoms with Gasteiger partial charge in [0, 0.05) is 7.05 Å². The van der Waals surface area contributed by atoms with Gasteiger partial charge in [-0.2, -0.15) is 0 Å². The third kappa shape index (κ3) is 3.76. The van der Waals surface area contributed by atoms with Crippen LogP contribution in [-0.2, 0) is 23.9 Å². The second kappa shape index (κ2) is 7.56. The van der Waals surface area contributed by atoms with E-state index in [1.54, 1.807) is 13.8 Å². The van der Waals surface area contributed by atoms with E-state index < -0.39 is 41.3 Å². The molecule has 2 rings (SSSR count). The quantitative estimate of drug-likeness (QED) is 0.724. The average molecular weight is 356 g/mol. The molecule has 0 aliphatic carbocycles. The van der Waals surface area contributed by atoms with E-state index in [0.29, 0.717) is 0 Å². The standard InChI is InChI=1S/C16H18F2N2O5/c1-4-23-12(21)9-16(15(22)24-5-2)19-14(20(3)25-16)13-10(17)7-6-8-11(13)18/h6-8H,4-5,9H2,1-3H3. The highest BCUT2D eigenvalue weighted by Gasteiger charge is 2.51. The van der Waals surface area contributed by atoms with Gasteiger partial charge in [-0.1, -0.05) is 6.07 Å². The molecule has 0 fully saturated rings. The number of halogens is 2. The van der Waals surface area contributed by atoms with E-state index >= 15 is 0 Å². The minimum atomic E-state index is -2.10. The van der Waals surface area contributed by atoms with Crippen LogP contribution in [0.4, 0.5) is 8.78 Å². The smallest absolute Gasteiger partial charge is 0.364 e. The maximum Gasteiger partial charge on any atom is 0.364 e. The molecule has 0 saturated heterocycles. The Morgan fingerprint density at radius 3 is 2.36 bits per heavy atom. The topological polar surface area (TPSA) is 77.4 Å². The molecule has 0 amide bonds. The molecule has 1 aliphatic rings. The molecule has 0 radical (unpaired) electrons. The summed E-state index contributed by atoms with van der Waals surface area (Å²) >= 11 is 0. The zero-order valence-electron chi connectivity index (χ0n) is 14.0. The Hall–Kier alpha value is -2.55. The normalized spacial score (nSPS) is 19.6. The Bertz CT molecular complexity index is 690. The third-order valence-electron chi connectivity index (χ3n) is 3.34. The summed E-state index contributed by atoms with van der Waals surface area (Å²) in [6.45, 7) is 3.26. The van der Waals surface area contributed by atoms with Crippen molar-refractivity contribution in [3.8, 4) is 0 Å². The first-order valence-electron chi connectivity index (χ1n) is 7.64. The number of hydroxylamine groups is 2. The van der Waals surface area contributed by atoms with Crippen molar-refractivity contribution in [1.29, 1.82) is 0 Å². The summed E-state index contributed by atoms with van der Waals surface area (Å²) in [5, 5.41) is 0.928. The number of nitrogens with zero attached hydrogens (tertiary/aromatic N) is 2. The number of carbonyl (C=O) groups excluding carboxylic acids is 2. The Balaban J connectivity index is 2.49. The first-order valence-corrected chi connectivity index (χ1v) is 7.64. The van der Waals surface area contributed by atoms with Crippen LogP contribution in [0.2, 0.25) is 0 Å². The first kappa shape index (κ1) is 18.8. The molecule has 7 nitrogen and oxygen atoms in total. The lowest BCUT2D eigenvalue weighted by Gasteiger charge is -2.23. The predicted molar refractivity (Wildman–Crippen MR) is 82.4 cm³/mol. The fourth-order valence-electron chi connectivity index (χ4n) is 2.33. The molecule has 9 heteroatoms. The van der Waals surface area contributed by atoms with Gasteiger partial charge in [0.15, 0.2) is 5.84 Å². The number of carbonyl (C=O) groups is 2. The summed E-state index contributed by atoms with van der Waals surface area (Å²) in [6.07, 6.45) is -0.594. The number of amidine groups is 1. The van der Waals surface area contributed by atoms with E-state index in [0.717, 1.165) is 17.2 Å². The number of ether oxygens (including phenoxy) is 2. The number of aliphatic imine (C=N–C) groups is 1. The van der Waals surface area contributed by atoms with Crippen LogP contribution in [-0.4, -0.2) is 48.8 Å². The molecule has 0 saturated carbocycles. The van der Waals surface area contributed by atoms with Crippen molar-refractivity contribution in [3.05, 3.63) is 35.4 Å². The number of hydrogen-bond acceptors (Lipinski definition) is 7. The molecule has 1 heterocycles. The van der Waals surface area contributed by atoms with E-state index in [1.807, 2.05) is 0 Å². The Kier molecular flexibility index (Phi) is 5.68. The molecule has 1 aromatic rings. The molecule has 136 valence electrons. The van der Waals surface area contributed by atoms with Gasteiger partial charge in [-0.3, -0.25) is 4.79 Å². The van der Waals surface area contributed by atoms with Gasteiger partial charge < -0.3 is 9.47 Å². The van der Waals surface area contributed by atoms with Crippen LogP contribution in [0.15, 0.2) is 23.2 Å². The molecule has 1 unspecified atom stereocenters. The summed E-state index contributed by atoms with van der Waals surface area (Å²) in [6, 6.07) is 3.29. The lowest BCUT2D eigenvalue weighted by Crippen LogP contribution is -2.43. The molecule has 0 N–H and O–H groups in total. The summed E-state index contributed by atoms with van der Waals surface area (Å²) < 4.78 is 37.8. The Morgan fingerprint density at radius 2 is 1.80 bits per heavy atom. The Labute approximate surface area is 143 Å². The lowest BCUT2D eigenvalue weighted by atomic mass is 10.1. The fraction of sp³-hybridized carbons (Fsp3) is 0.438. The summed E-state index contributed by atoms with van der Waals surface area (Å²) in [5.41, 5.74) is -2.57. The van der Waals surface area contributed by atoms with Gasteiger partial charge in [-0.05, 0) is 26.0 Å². The summed E-state index contributed by atoms with van der Waals surface area (Å²) in [4.78, 5) is 33.6. The summed E-state index contributed by atoms with van der Waals surface area (Å²) in [5.74, 6) is -3.76. The second-order valence-electron chi connectivity index (χ2n) is 5.11. The second-order valence-corrected chi connectivity index (χ2v) is 5.11. The average Bonchev–Trinajstić information content (AvgIpc) is 2.85. The van der Waals surface area contributed by atoms with E-state index in [-0.39, 0.29) is 19.0 Å². The van der Waals surface area contributed by atoms with Crippen molar-refractivity contribution < 1.29 is 32.7 Å². The molecule has 25 heavy (non-hydrogen) atoms. The number of hydrogen-bond donors (Lipinski definition) is 0. The van der Waals surface area contributed by atoms with E-state index in [9.17, 15) is 18.4 Å². The number of esters is 2. The maximum atomic E-state index is 14.0. The van der Waals surface area contributed by atoms with Crippen molar-refractivity contribution in [2.24, 2.45) is 4.99 Å². The molecule has 1 aromatic carbocycles. The zero-order valence-corrected chi connectivity index (χ0v) is 14.0. The molecule has 1 atom stereocenters. The van der Waals surface area contributed by atoms with Crippen LogP contribution in [0.25, 0.3) is 0 Å². The van der Waals surface area contributed by atoms with Gasteiger partial charge in [0.25, 0.3) is 5.72 Å². The SMILES string of the molecule is CCOC(=O)CC1(C(=O)OCC)N=C(c2c(F)cccc2F)N(C)O1. The number of rotatable bonds is 6.